The Bertz CT molecular complexity index is 206. The van der Waals surface area contributed by atoms with Gasteiger partial charge in [0.25, 0.3) is 0 Å². The molecule has 0 aromatic heterocycles. The summed E-state index contributed by atoms with van der Waals surface area (Å²) in [5.41, 5.74) is 0. The molecule has 1 aliphatic carbocycles. The fourth-order valence-corrected chi connectivity index (χ4v) is 2.70. The summed E-state index contributed by atoms with van der Waals surface area (Å²) in [6.07, 6.45) is 5.21. The molecule has 2 N–H and O–H groups in total. The fourth-order valence-electron chi connectivity index (χ4n) is 2.70. The van der Waals surface area contributed by atoms with Gasteiger partial charge in [-0.2, -0.15) is 0 Å². The normalized spacial score (nSPS) is 28.7. The van der Waals surface area contributed by atoms with Crippen molar-refractivity contribution in [3.63, 3.8) is 0 Å². The van der Waals surface area contributed by atoms with Gasteiger partial charge in [-0.15, -0.1) is 0 Å². The predicted octanol–water partition coefficient (Wildman–Crippen LogP) is 2.27. The highest BCUT2D eigenvalue weighted by Crippen LogP contribution is 2.31. The van der Waals surface area contributed by atoms with E-state index in [0.29, 0.717) is 5.92 Å². The maximum Gasteiger partial charge on any atom is 0.304 e. The van der Waals surface area contributed by atoms with E-state index in [-0.39, 0.29) is 12.5 Å². The van der Waals surface area contributed by atoms with Gasteiger partial charge in [-0.3, -0.25) is 4.79 Å². The fraction of sp³-hybridized carbons (Fsp3) is 0.917. The quantitative estimate of drug-likeness (QED) is 0.736. The van der Waals surface area contributed by atoms with Crippen LogP contribution in [0.2, 0.25) is 0 Å². The molecule has 0 bridgehead atoms. The lowest BCUT2D eigenvalue weighted by Gasteiger charge is -2.33. The molecule has 1 fully saturated rings. The van der Waals surface area contributed by atoms with Crippen molar-refractivity contribution in [1.82, 2.24) is 5.32 Å². The first-order valence-corrected chi connectivity index (χ1v) is 6.08. The van der Waals surface area contributed by atoms with Crippen molar-refractivity contribution in [3.8, 4) is 0 Å². The van der Waals surface area contributed by atoms with Crippen molar-refractivity contribution in [2.75, 3.05) is 6.54 Å². The average molecular weight is 213 g/mol. The zero-order valence-electron chi connectivity index (χ0n) is 9.83. The lowest BCUT2D eigenvalue weighted by Crippen LogP contribution is -2.39. The van der Waals surface area contributed by atoms with Gasteiger partial charge in [-0.25, -0.2) is 0 Å². The van der Waals surface area contributed by atoms with Crippen LogP contribution in [-0.4, -0.2) is 23.7 Å². The van der Waals surface area contributed by atoms with Crippen molar-refractivity contribution in [2.45, 2.75) is 52.0 Å². The molecule has 0 saturated heterocycles. The van der Waals surface area contributed by atoms with Crippen molar-refractivity contribution < 1.29 is 9.90 Å². The van der Waals surface area contributed by atoms with Gasteiger partial charge >= 0.3 is 5.97 Å². The highest BCUT2D eigenvalue weighted by atomic mass is 16.4. The minimum absolute atomic E-state index is 0.176. The molecule has 0 aromatic rings. The number of hydrogen-bond acceptors (Lipinski definition) is 2. The van der Waals surface area contributed by atoms with Crippen LogP contribution in [0.3, 0.4) is 0 Å². The van der Waals surface area contributed by atoms with Crippen LogP contribution in [0, 0.1) is 11.8 Å². The van der Waals surface area contributed by atoms with Crippen molar-refractivity contribution in [1.29, 1.82) is 0 Å². The molecule has 0 aromatic carbocycles. The van der Waals surface area contributed by atoms with Crippen LogP contribution >= 0.6 is 0 Å². The minimum Gasteiger partial charge on any atom is -0.481 e. The third-order valence-corrected chi connectivity index (χ3v) is 3.41. The Balaban J connectivity index is 2.49. The summed E-state index contributed by atoms with van der Waals surface area (Å²) in [6.45, 7) is 5.18. The van der Waals surface area contributed by atoms with Crippen LogP contribution in [0.1, 0.15) is 46.0 Å². The summed E-state index contributed by atoms with van der Waals surface area (Å²) in [5.74, 6) is 0.641. The predicted molar refractivity (Wildman–Crippen MR) is 60.8 cm³/mol. The highest BCUT2D eigenvalue weighted by Gasteiger charge is 2.27. The van der Waals surface area contributed by atoms with E-state index in [4.69, 9.17) is 5.11 Å². The number of rotatable bonds is 5. The second-order valence-corrected chi connectivity index (χ2v) is 4.79. The van der Waals surface area contributed by atoms with Gasteiger partial charge in [0.15, 0.2) is 0 Å². The first kappa shape index (κ1) is 12.5. The molecule has 0 aliphatic heterocycles. The molecule has 0 radical (unpaired) electrons. The summed E-state index contributed by atoms with van der Waals surface area (Å²) in [5, 5.41) is 12.2. The minimum atomic E-state index is -0.681. The Labute approximate surface area is 92.3 Å². The Morgan fingerprint density at radius 2 is 2.27 bits per heavy atom. The van der Waals surface area contributed by atoms with Gasteiger partial charge in [0, 0.05) is 6.04 Å². The third-order valence-electron chi connectivity index (χ3n) is 3.41. The van der Waals surface area contributed by atoms with E-state index in [2.05, 4.69) is 12.2 Å². The highest BCUT2D eigenvalue weighted by molar-refractivity contribution is 5.67. The molecule has 3 nitrogen and oxygen atoms in total. The second-order valence-electron chi connectivity index (χ2n) is 4.79. The van der Waals surface area contributed by atoms with Gasteiger partial charge in [0.2, 0.25) is 0 Å². The average Bonchev–Trinajstić information content (AvgIpc) is 2.16. The Morgan fingerprint density at radius 1 is 1.53 bits per heavy atom. The van der Waals surface area contributed by atoms with Crippen molar-refractivity contribution in [3.05, 3.63) is 0 Å². The van der Waals surface area contributed by atoms with E-state index >= 15 is 0 Å². The molecule has 3 atom stereocenters. The van der Waals surface area contributed by atoms with Gasteiger partial charge in [0.1, 0.15) is 0 Å². The number of nitrogens with one attached hydrogen (secondary N) is 1. The van der Waals surface area contributed by atoms with E-state index in [1.54, 1.807) is 0 Å². The number of aliphatic carboxylic acids is 1. The summed E-state index contributed by atoms with van der Waals surface area (Å²) in [4.78, 5) is 10.8. The van der Waals surface area contributed by atoms with E-state index in [9.17, 15) is 4.79 Å². The maximum absolute atomic E-state index is 10.8. The van der Waals surface area contributed by atoms with Crippen LogP contribution in [0.5, 0.6) is 0 Å². The first-order valence-electron chi connectivity index (χ1n) is 6.08. The molecular weight excluding hydrogens is 190 g/mol. The molecule has 88 valence electrons. The summed E-state index contributed by atoms with van der Waals surface area (Å²) in [7, 11) is 0. The van der Waals surface area contributed by atoms with Gasteiger partial charge in [-0.05, 0) is 31.2 Å². The van der Waals surface area contributed by atoms with Crippen LogP contribution in [0.4, 0.5) is 0 Å². The molecule has 0 amide bonds. The maximum atomic E-state index is 10.8. The Kier molecular flexibility index (Phi) is 5.09. The molecule has 0 spiro atoms. The van der Waals surface area contributed by atoms with Crippen LogP contribution in [-0.2, 0) is 4.79 Å². The molecule has 3 unspecified atom stereocenters. The molecule has 15 heavy (non-hydrogen) atoms. The molecule has 3 heteroatoms. The molecule has 1 rings (SSSR count). The van der Waals surface area contributed by atoms with Gasteiger partial charge in [-0.1, -0.05) is 26.7 Å². The van der Waals surface area contributed by atoms with E-state index in [1.165, 1.54) is 25.7 Å². The summed E-state index contributed by atoms with van der Waals surface area (Å²) in [6, 6.07) is 0.176. The van der Waals surface area contributed by atoms with E-state index in [0.717, 1.165) is 12.5 Å². The number of carbonyl (C=O) groups is 1. The van der Waals surface area contributed by atoms with Crippen molar-refractivity contribution in [2.24, 2.45) is 11.8 Å². The standard InChI is InChI=1S/C12H23NO2/c1-3-13-11(8-12(14)15)10-6-4-5-9(2)7-10/h9-11,13H,3-8H2,1-2H3,(H,14,15). The molecule has 1 aliphatic rings. The first-order chi connectivity index (χ1) is 7.13. The zero-order chi connectivity index (χ0) is 11.3. The molecular formula is C12H23NO2. The van der Waals surface area contributed by atoms with Crippen LogP contribution < -0.4 is 5.32 Å². The smallest absolute Gasteiger partial charge is 0.304 e. The van der Waals surface area contributed by atoms with Crippen molar-refractivity contribution >= 4 is 5.97 Å². The van der Waals surface area contributed by atoms with Gasteiger partial charge in [0.05, 0.1) is 6.42 Å². The summed E-state index contributed by atoms with van der Waals surface area (Å²) < 4.78 is 0. The molecule has 1 saturated carbocycles. The Morgan fingerprint density at radius 3 is 2.80 bits per heavy atom. The van der Waals surface area contributed by atoms with Gasteiger partial charge < -0.3 is 10.4 Å². The van der Waals surface area contributed by atoms with E-state index in [1.807, 2.05) is 6.92 Å². The number of carboxylic acid groups (broad SMARTS) is 1. The second kappa shape index (κ2) is 6.11. The zero-order valence-corrected chi connectivity index (χ0v) is 9.83. The number of hydrogen-bond donors (Lipinski definition) is 2. The topological polar surface area (TPSA) is 49.3 Å². The van der Waals surface area contributed by atoms with Crippen LogP contribution in [0.25, 0.3) is 0 Å². The third kappa shape index (κ3) is 4.20. The lowest BCUT2D eigenvalue weighted by molar-refractivity contribution is -0.138. The lowest BCUT2D eigenvalue weighted by atomic mass is 9.78. The van der Waals surface area contributed by atoms with Crippen LogP contribution in [0.15, 0.2) is 0 Å². The summed E-state index contributed by atoms with van der Waals surface area (Å²) >= 11 is 0. The SMILES string of the molecule is CCNC(CC(=O)O)C1CCCC(C)C1. The number of carboxylic acids is 1. The molecule has 0 heterocycles. The monoisotopic (exact) mass is 213 g/mol. The van der Waals surface area contributed by atoms with E-state index < -0.39 is 5.97 Å². The largest absolute Gasteiger partial charge is 0.481 e. The Hall–Kier alpha value is -0.570.